The number of amides is 1. The van der Waals surface area contributed by atoms with Gasteiger partial charge < -0.3 is 10.1 Å². The topological polar surface area (TPSA) is 38.3 Å². The van der Waals surface area contributed by atoms with Gasteiger partial charge in [-0.3, -0.25) is 4.79 Å². The SMILES string of the molecule is CCCCCCCCC(=O)Nc1cccc(OC)c1. The number of nitrogens with one attached hydrogen (secondary N) is 1. The summed E-state index contributed by atoms with van der Waals surface area (Å²) in [7, 11) is 1.62. The molecule has 0 bridgehead atoms. The van der Waals surface area contributed by atoms with Crippen molar-refractivity contribution < 1.29 is 9.53 Å². The second-order valence-electron chi connectivity index (χ2n) is 4.80. The van der Waals surface area contributed by atoms with Crippen LogP contribution in [-0.4, -0.2) is 13.0 Å². The number of carbonyl (C=O) groups excluding carboxylic acids is 1. The van der Waals surface area contributed by atoms with Gasteiger partial charge in [-0.1, -0.05) is 45.1 Å². The summed E-state index contributed by atoms with van der Waals surface area (Å²) in [5.41, 5.74) is 0.801. The van der Waals surface area contributed by atoms with Gasteiger partial charge in [-0.25, -0.2) is 0 Å². The zero-order valence-corrected chi connectivity index (χ0v) is 12.1. The fourth-order valence-corrected chi connectivity index (χ4v) is 1.99. The summed E-state index contributed by atoms with van der Waals surface area (Å²) < 4.78 is 5.12. The number of methoxy groups -OCH3 is 1. The number of unbranched alkanes of at least 4 members (excludes halogenated alkanes) is 5. The highest BCUT2D eigenvalue weighted by Gasteiger charge is 2.03. The summed E-state index contributed by atoms with van der Waals surface area (Å²) in [5, 5.41) is 2.90. The normalized spacial score (nSPS) is 10.2. The lowest BCUT2D eigenvalue weighted by Crippen LogP contribution is -2.11. The zero-order chi connectivity index (χ0) is 13.9. The molecular formula is C16H25NO2. The molecular weight excluding hydrogens is 238 g/mol. The third-order valence-corrected chi connectivity index (χ3v) is 3.11. The van der Waals surface area contributed by atoms with Crippen LogP contribution < -0.4 is 10.1 Å². The van der Waals surface area contributed by atoms with Crippen molar-refractivity contribution in [3.05, 3.63) is 24.3 Å². The lowest BCUT2D eigenvalue weighted by molar-refractivity contribution is -0.116. The maximum atomic E-state index is 11.7. The number of benzene rings is 1. The molecule has 3 heteroatoms. The molecule has 0 unspecified atom stereocenters. The molecule has 0 fully saturated rings. The minimum atomic E-state index is 0.0868. The Morgan fingerprint density at radius 2 is 1.89 bits per heavy atom. The first kappa shape index (κ1) is 15.5. The van der Waals surface area contributed by atoms with Crippen LogP contribution in [0.25, 0.3) is 0 Å². The molecule has 0 aliphatic carbocycles. The van der Waals surface area contributed by atoms with E-state index in [2.05, 4.69) is 12.2 Å². The molecule has 1 rings (SSSR count). The Labute approximate surface area is 116 Å². The van der Waals surface area contributed by atoms with Crippen LogP contribution in [0.2, 0.25) is 0 Å². The molecule has 0 saturated carbocycles. The molecule has 1 aromatic rings. The average Bonchev–Trinajstić information content (AvgIpc) is 2.43. The van der Waals surface area contributed by atoms with E-state index in [1.807, 2.05) is 24.3 Å². The van der Waals surface area contributed by atoms with Crippen LogP contribution in [0.1, 0.15) is 51.9 Å². The van der Waals surface area contributed by atoms with Crippen LogP contribution in [0.3, 0.4) is 0 Å². The molecule has 0 spiro atoms. The van der Waals surface area contributed by atoms with Gasteiger partial charge in [0.25, 0.3) is 0 Å². The first-order valence-electron chi connectivity index (χ1n) is 7.20. The van der Waals surface area contributed by atoms with Crippen LogP contribution in [0, 0.1) is 0 Å². The van der Waals surface area contributed by atoms with Gasteiger partial charge in [0.05, 0.1) is 7.11 Å². The zero-order valence-electron chi connectivity index (χ0n) is 12.1. The van der Waals surface area contributed by atoms with E-state index < -0.39 is 0 Å². The van der Waals surface area contributed by atoms with Crippen molar-refractivity contribution in [1.29, 1.82) is 0 Å². The smallest absolute Gasteiger partial charge is 0.224 e. The van der Waals surface area contributed by atoms with Crippen molar-refractivity contribution in [3.8, 4) is 5.75 Å². The molecule has 0 saturated heterocycles. The average molecular weight is 263 g/mol. The van der Waals surface area contributed by atoms with Crippen molar-refractivity contribution in [2.45, 2.75) is 51.9 Å². The molecule has 0 atom stereocenters. The first-order chi connectivity index (χ1) is 9.26. The first-order valence-corrected chi connectivity index (χ1v) is 7.20. The predicted octanol–water partition coefficient (Wildman–Crippen LogP) is 4.38. The van der Waals surface area contributed by atoms with Gasteiger partial charge in [-0.05, 0) is 18.6 Å². The number of hydrogen-bond donors (Lipinski definition) is 1. The molecule has 0 aliphatic rings. The number of hydrogen-bond acceptors (Lipinski definition) is 2. The molecule has 0 aliphatic heterocycles. The fraction of sp³-hybridized carbons (Fsp3) is 0.562. The number of anilines is 1. The Hall–Kier alpha value is -1.51. The lowest BCUT2D eigenvalue weighted by Gasteiger charge is -2.07. The van der Waals surface area contributed by atoms with E-state index in [0.29, 0.717) is 6.42 Å². The highest BCUT2D eigenvalue weighted by Crippen LogP contribution is 2.17. The van der Waals surface area contributed by atoms with Gasteiger partial charge in [0.2, 0.25) is 5.91 Å². The Balaban J connectivity index is 2.19. The van der Waals surface area contributed by atoms with E-state index in [4.69, 9.17) is 4.74 Å². The number of ether oxygens (including phenoxy) is 1. The second kappa shape index (κ2) is 9.42. The van der Waals surface area contributed by atoms with Crippen molar-refractivity contribution in [2.75, 3.05) is 12.4 Å². The standard InChI is InChI=1S/C16H25NO2/c1-3-4-5-6-7-8-12-16(18)17-14-10-9-11-15(13-14)19-2/h9-11,13H,3-8,12H2,1-2H3,(H,17,18). The Kier molecular flexibility index (Phi) is 7.71. The minimum Gasteiger partial charge on any atom is -0.497 e. The summed E-state index contributed by atoms with van der Waals surface area (Å²) in [4.78, 5) is 11.7. The van der Waals surface area contributed by atoms with E-state index >= 15 is 0 Å². The van der Waals surface area contributed by atoms with E-state index in [0.717, 1.165) is 24.3 Å². The van der Waals surface area contributed by atoms with Gasteiger partial charge in [0.1, 0.15) is 5.75 Å². The number of rotatable bonds is 9. The molecule has 0 aromatic heterocycles. The fourth-order valence-electron chi connectivity index (χ4n) is 1.99. The third kappa shape index (κ3) is 6.85. The van der Waals surface area contributed by atoms with Crippen molar-refractivity contribution in [1.82, 2.24) is 0 Å². The highest BCUT2D eigenvalue weighted by atomic mass is 16.5. The quantitative estimate of drug-likeness (QED) is 0.671. The van der Waals surface area contributed by atoms with E-state index in [9.17, 15) is 4.79 Å². The van der Waals surface area contributed by atoms with Gasteiger partial charge in [0, 0.05) is 18.2 Å². The number of carbonyl (C=O) groups is 1. The van der Waals surface area contributed by atoms with Crippen molar-refractivity contribution >= 4 is 11.6 Å². The predicted molar refractivity (Wildman–Crippen MR) is 79.6 cm³/mol. The monoisotopic (exact) mass is 263 g/mol. The van der Waals surface area contributed by atoms with Crippen LogP contribution in [0.4, 0.5) is 5.69 Å². The molecule has 19 heavy (non-hydrogen) atoms. The largest absolute Gasteiger partial charge is 0.497 e. The van der Waals surface area contributed by atoms with Crippen LogP contribution in [0.5, 0.6) is 5.75 Å². The summed E-state index contributed by atoms with van der Waals surface area (Å²) in [6.45, 7) is 2.21. The van der Waals surface area contributed by atoms with Gasteiger partial charge in [-0.15, -0.1) is 0 Å². The Morgan fingerprint density at radius 3 is 2.63 bits per heavy atom. The van der Waals surface area contributed by atoms with Crippen LogP contribution in [0.15, 0.2) is 24.3 Å². The van der Waals surface area contributed by atoms with Crippen molar-refractivity contribution in [2.24, 2.45) is 0 Å². The van der Waals surface area contributed by atoms with E-state index in [1.165, 1.54) is 25.7 Å². The van der Waals surface area contributed by atoms with Gasteiger partial charge in [-0.2, -0.15) is 0 Å². The Morgan fingerprint density at radius 1 is 1.16 bits per heavy atom. The maximum absolute atomic E-state index is 11.7. The highest BCUT2D eigenvalue weighted by molar-refractivity contribution is 5.90. The van der Waals surface area contributed by atoms with Gasteiger partial charge in [0.15, 0.2) is 0 Å². The Bertz CT molecular complexity index is 377. The molecule has 1 aromatic carbocycles. The molecule has 1 amide bonds. The summed E-state index contributed by atoms with van der Waals surface area (Å²) in [5.74, 6) is 0.848. The maximum Gasteiger partial charge on any atom is 0.224 e. The molecule has 0 heterocycles. The summed E-state index contributed by atoms with van der Waals surface area (Å²) >= 11 is 0. The summed E-state index contributed by atoms with van der Waals surface area (Å²) in [6.07, 6.45) is 7.80. The third-order valence-electron chi connectivity index (χ3n) is 3.11. The second-order valence-corrected chi connectivity index (χ2v) is 4.80. The summed E-state index contributed by atoms with van der Waals surface area (Å²) in [6, 6.07) is 7.45. The molecule has 106 valence electrons. The molecule has 3 nitrogen and oxygen atoms in total. The van der Waals surface area contributed by atoms with E-state index in [-0.39, 0.29) is 5.91 Å². The van der Waals surface area contributed by atoms with Crippen molar-refractivity contribution in [3.63, 3.8) is 0 Å². The minimum absolute atomic E-state index is 0.0868. The molecule has 1 N–H and O–H groups in total. The lowest BCUT2D eigenvalue weighted by atomic mass is 10.1. The van der Waals surface area contributed by atoms with Crippen LogP contribution >= 0.6 is 0 Å². The molecule has 0 radical (unpaired) electrons. The van der Waals surface area contributed by atoms with E-state index in [1.54, 1.807) is 7.11 Å². The van der Waals surface area contributed by atoms with Gasteiger partial charge >= 0.3 is 0 Å². The van der Waals surface area contributed by atoms with Crippen LogP contribution in [-0.2, 0) is 4.79 Å².